The number of carboxylic acids is 1. The number of hydrogen-bond donors (Lipinski definition) is 1. The van der Waals surface area contributed by atoms with Gasteiger partial charge in [-0.25, -0.2) is 0 Å². The first kappa shape index (κ1) is 14.0. The summed E-state index contributed by atoms with van der Waals surface area (Å²) in [4.78, 5) is 24.2. The van der Waals surface area contributed by atoms with Gasteiger partial charge in [0.05, 0.1) is 11.5 Å². The number of nitrogens with zero attached hydrogens (tertiary/aromatic N) is 1. The van der Waals surface area contributed by atoms with Gasteiger partial charge in [0.15, 0.2) is 0 Å². The van der Waals surface area contributed by atoms with E-state index >= 15 is 0 Å². The van der Waals surface area contributed by atoms with Gasteiger partial charge in [0.25, 0.3) is 5.91 Å². The summed E-state index contributed by atoms with van der Waals surface area (Å²) in [6.45, 7) is 1.79. The highest BCUT2D eigenvalue weighted by Gasteiger charge is 2.19. The minimum atomic E-state index is -0.896. The number of carbonyl (C=O) groups is 2. The summed E-state index contributed by atoms with van der Waals surface area (Å²) in [5, 5.41) is 8.80. The Labute approximate surface area is 114 Å². The molecule has 5 heteroatoms. The molecule has 0 saturated carbocycles. The minimum Gasteiger partial charge on any atom is -0.481 e. The smallest absolute Gasteiger partial charge is 0.308 e. The molecule has 0 fully saturated rings. The van der Waals surface area contributed by atoms with Gasteiger partial charge in [-0.15, -0.1) is 0 Å². The maximum absolute atomic E-state index is 12.1. The topological polar surface area (TPSA) is 57.6 Å². The van der Waals surface area contributed by atoms with Gasteiger partial charge in [-0.2, -0.15) is 0 Å². The first-order valence-corrected chi connectivity index (χ1v) is 6.24. The zero-order valence-corrected chi connectivity index (χ0v) is 11.8. The molecule has 1 rings (SSSR count). The van der Waals surface area contributed by atoms with Crippen LogP contribution >= 0.6 is 22.6 Å². The normalized spacial score (nSPS) is 11.9. The Morgan fingerprint density at radius 2 is 2.00 bits per heavy atom. The summed E-state index contributed by atoms with van der Waals surface area (Å²) in [7, 11) is 1.62. The molecule has 4 nitrogen and oxygen atoms in total. The Bertz CT molecular complexity index is 434. The Morgan fingerprint density at radius 3 is 2.53 bits per heavy atom. The van der Waals surface area contributed by atoms with Gasteiger partial charge in [-0.3, -0.25) is 9.59 Å². The Kier molecular flexibility index (Phi) is 4.92. The van der Waals surface area contributed by atoms with Gasteiger partial charge in [0.2, 0.25) is 0 Å². The molecule has 92 valence electrons. The van der Waals surface area contributed by atoms with Crippen molar-refractivity contribution in [2.24, 2.45) is 5.92 Å². The number of carbonyl (C=O) groups excluding carboxylic acids is 1. The molecular formula is C12H14INO3. The van der Waals surface area contributed by atoms with Crippen LogP contribution in [0.1, 0.15) is 17.3 Å². The maximum atomic E-state index is 12.1. The van der Waals surface area contributed by atoms with Crippen LogP contribution in [0.4, 0.5) is 0 Å². The molecule has 0 heterocycles. The quantitative estimate of drug-likeness (QED) is 0.849. The molecule has 0 aliphatic carbocycles. The van der Waals surface area contributed by atoms with E-state index in [2.05, 4.69) is 22.6 Å². The van der Waals surface area contributed by atoms with Gasteiger partial charge in [0, 0.05) is 17.2 Å². The SMILES string of the molecule is CC(CN(C)C(=O)c1ccccc1I)C(=O)O. The lowest BCUT2D eigenvalue weighted by molar-refractivity contribution is -0.141. The standard InChI is InChI=1S/C12H14INO3/c1-8(12(16)17)7-14(2)11(15)9-5-3-4-6-10(9)13/h3-6,8H,7H2,1-2H3,(H,16,17). The summed E-state index contributed by atoms with van der Waals surface area (Å²) in [6, 6.07) is 7.25. The third kappa shape index (κ3) is 3.69. The van der Waals surface area contributed by atoms with E-state index in [4.69, 9.17) is 5.11 Å². The van der Waals surface area contributed by atoms with E-state index in [0.717, 1.165) is 3.57 Å². The second-order valence-electron chi connectivity index (χ2n) is 3.90. The van der Waals surface area contributed by atoms with Crippen LogP contribution in [0.5, 0.6) is 0 Å². The number of carboxylic acid groups (broad SMARTS) is 1. The summed E-state index contributed by atoms with van der Waals surface area (Å²) in [5.74, 6) is -1.61. The number of rotatable bonds is 4. The van der Waals surface area contributed by atoms with E-state index in [0.29, 0.717) is 5.56 Å². The Hall–Kier alpha value is -1.11. The highest BCUT2D eigenvalue weighted by molar-refractivity contribution is 14.1. The van der Waals surface area contributed by atoms with Crippen molar-refractivity contribution in [2.75, 3.05) is 13.6 Å². The molecule has 0 aliphatic heterocycles. The monoisotopic (exact) mass is 347 g/mol. The van der Waals surface area contributed by atoms with Crippen LogP contribution in [0.2, 0.25) is 0 Å². The molecule has 0 radical (unpaired) electrons. The summed E-state index contributed by atoms with van der Waals surface area (Å²) < 4.78 is 0.866. The zero-order valence-electron chi connectivity index (χ0n) is 9.68. The summed E-state index contributed by atoms with van der Waals surface area (Å²) >= 11 is 2.09. The van der Waals surface area contributed by atoms with Crippen molar-refractivity contribution in [2.45, 2.75) is 6.92 Å². The van der Waals surface area contributed by atoms with Crippen molar-refractivity contribution in [3.05, 3.63) is 33.4 Å². The molecule has 1 aromatic rings. The number of aliphatic carboxylic acids is 1. The van der Waals surface area contributed by atoms with Crippen LogP contribution in [0, 0.1) is 9.49 Å². The van der Waals surface area contributed by atoms with Crippen molar-refractivity contribution in [1.82, 2.24) is 4.90 Å². The lowest BCUT2D eigenvalue weighted by Gasteiger charge is -2.20. The molecule has 1 amide bonds. The average Bonchev–Trinajstić information content (AvgIpc) is 2.28. The highest BCUT2D eigenvalue weighted by Crippen LogP contribution is 2.14. The molecular weight excluding hydrogens is 333 g/mol. The van der Waals surface area contributed by atoms with Crippen LogP contribution in [0.3, 0.4) is 0 Å². The van der Waals surface area contributed by atoms with Crippen molar-refractivity contribution in [3.8, 4) is 0 Å². The molecule has 0 saturated heterocycles. The molecule has 1 unspecified atom stereocenters. The number of halogens is 1. The second-order valence-corrected chi connectivity index (χ2v) is 5.07. The largest absolute Gasteiger partial charge is 0.481 e. The van der Waals surface area contributed by atoms with Crippen LogP contribution in [-0.4, -0.2) is 35.5 Å². The number of amides is 1. The average molecular weight is 347 g/mol. The molecule has 17 heavy (non-hydrogen) atoms. The van der Waals surface area contributed by atoms with Crippen LogP contribution in [0.15, 0.2) is 24.3 Å². The first-order valence-electron chi connectivity index (χ1n) is 5.16. The first-order chi connectivity index (χ1) is 7.93. The fourth-order valence-electron chi connectivity index (χ4n) is 1.41. The fourth-order valence-corrected chi connectivity index (χ4v) is 2.03. The lowest BCUT2D eigenvalue weighted by Crippen LogP contribution is -2.34. The number of hydrogen-bond acceptors (Lipinski definition) is 2. The molecule has 0 aromatic heterocycles. The maximum Gasteiger partial charge on any atom is 0.308 e. The molecule has 0 aliphatic rings. The Morgan fingerprint density at radius 1 is 1.41 bits per heavy atom. The van der Waals surface area contributed by atoms with Crippen LogP contribution in [0.25, 0.3) is 0 Å². The van der Waals surface area contributed by atoms with E-state index in [1.165, 1.54) is 4.90 Å². The third-order valence-electron chi connectivity index (χ3n) is 2.42. The van der Waals surface area contributed by atoms with E-state index in [1.807, 2.05) is 12.1 Å². The van der Waals surface area contributed by atoms with Crippen molar-refractivity contribution in [1.29, 1.82) is 0 Å². The van der Waals surface area contributed by atoms with E-state index in [1.54, 1.807) is 26.1 Å². The van der Waals surface area contributed by atoms with Gasteiger partial charge in [-0.05, 0) is 34.7 Å². The molecule has 1 N–H and O–H groups in total. The third-order valence-corrected chi connectivity index (χ3v) is 3.36. The summed E-state index contributed by atoms with van der Waals surface area (Å²) in [5.41, 5.74) is 0.605. The summed E-state index contributed by atoms with van der Waals surface area (Å²) in [6.07, 6.45) is 0. The predicted molar refractivity (Wildman–Crippen MR) is 72.9 cm³/mol. The highest BCUT2D eigenvalue weighted by atomic mass is 127. The minimum absolute atomic E-state index is 0.150. The fraction of sp³-hybridized carbons (Fsp3) is 0.333. The number of benzene rings is 1. The van der Waals surface area contributed by atoms with Crippen molar-refractivity contribution < 1.29 is 14.7 Å². The van der Waals surface area contributed by atoms with Gasteiger partial charge in [-0.1, -0.05) is 19.1 Å². The second kappa shape index (κ2) is 6.00. The zero-order chi connectivity index (χ0) is 13.0. The molecule has 1 atom stereocenters. The van der Waals surface area contributed by atoms with Gasteiger partial charge >= 0.3 is 5.97 Å². The molecule has 0 spiro atoms. The van der Waals surface area contributed by atoms with Gasteiger partial charge in [0.1, 0.15) is 0 Å². The Balaban J connectivity index is 2.77. The van der Waals surface area contributed by atoms with Crippen LogP contribution < -0.4 is 0 Å². The predicted octanol–water partition coefficient (Wildman–Crippen LogP) is 2.08. The van der Waals surface area contributed by atoms with Crippen LogP contribution in [-0.2, 0) is 4.79 Å². The van der Waals surface area contributed by atoms with E-state index in [-0.39, 0.29) is 12.5 Å². The van der Waals surface area contributed by atoms with Crippen molar-refractivity contribution >= 4 is 34.5 Å². The van der Waals surface area contributed by atoms with Gasteiger partial charge < -0.3 is 10.0 Å². The van der Waals surface area contributed by atoms with E-state index < -0.39 is 11.9 Å². The molecule has 1 aromatic carbocycles. The lowest BCUT2D eigenvalue weighted by atomic mass is 10.1. The van der Waals surface area contributed by atoms with E-state index in [9.17, 15) is 9.59 Å². The van der Waals surface area contributed by atoms with Crippen molar-refractivity contribution in [3.63, 3.8) is 0 Å². The molecule has 0 bridgehead atoms.